The lowest BCUT2D eigenvalue weighted by Gasteiger charge is -2.39. The molecule has 7 nitrogen and oxygen atoms in total. The number of rotatable bonds is 4. The minimum Gasteiger partial charge on any atom is -0.326 e. The molecule has 26 heavy (non-hydrogen) atoms. The van der Waals surface area contributed by atoms with Gasteiger partial charge in [-0.1, -0.05) is 6.07 Å². The monoisotopic (exact) mass is 372 g/mol. The molecule has 1 atom stereocenters. The van der Waals surface area contributed by atoms with Gasteiger partial charge in [-0.15, -0.1) is 5.10 Å². The van der Waals surface area contributed by atoms with Crippen LogP contribution in [-0.4, -0.2) is 61.7 Å². The standard InChI is InChI=1S/C18H24N6OS/c25-18(14-3-2-8-23(12-14)16-6-9-26-10-7-16)20-15-4-1-5-17(11-15)24-13-19-21-22-24/h1,4-5,11,13-14,16H,2-3,6-10,12H2,(H,20,25)/t14-/m0/s1. The quantitative estimate of drug-likeness (QED) is 0.887. The van der Waals surface area contributed by atoms with Gasteiger partial charge in [-0.25, -0.2) is 4.68 Å². The molecule has 4 rings (SSSR count). The molecule has 8 heteroatoms. The van der Waals surface area contributed by atoms with E-state index in [1.807, 2.05) is 36.0 Å². The Bertz CT molecular complexity index is 731. The van der Waals surface area contributed by atoms with Crippen molar-refractivity contribution in [3.63, 3.8) is 0 Å². The van der Waals surface area contributed by atoms with Crippen molar-refractivity contribution in [1.82, 2.24) is 25.1 Å². The molecule has 0 radical (unpaired) electrons. The van der Waals surface area contributed by atoms with Crippen molar-refractivity contribution in [2.45, 2.75) is 31.7 Å². The van der Waals surface area contributed by atoms with E-state index in [9.17, 15) is 4.79 Å². The van der Waals surface area contributed by atoms with E-state index >= 15 is 0 Å². The van der Waals surface area contributed by atoms with Gasteiger partial charge >= 0.3 is 0 Å². The van der Waals surface area contributed by atoms with Gasteiger partial charge in [-0.2, -0.15) is 11.8 Å². The first kappa shape index (κ1) is 17.5. The third-order valence-electron chi connectivity index (χ3n) is 5.26. The Hall–Kier alpha value is -1.93. The van der Waals surface area contributed by atoms with Crippen LogP contribution < -0.4 is 5.32 Å². The lowest BCUT2D eigenvalue weighted by atomic mass is 9.94. The van der Waals surface area contributed by atoms with Gasteiger partial charge in [-0.05, 0) is 72.4 Å². The summed E-state index contributed by atoms with van der Waals surface area (Å²) in [5.74, 6) is 2.69. The maximum Gasteiger partial charge on any atom is 0.228 e. The maximum atomic E-state index is 12.8. The molecule has 0 unspecified atom stereocenters. The molecule has 1 amide bonds. The Morgan fingerprint density at radius 3 is 2.92 bits per heavy atom. The van der Waals surface area contributed by atoms with Crippen molar-refractivity contribution in [2.24, 2.45) is 5.92 Å². The fourth-order valence-electron chi connectivity index (χ4n) is 3.85. The molecule has 2 aliphatic rings. The van der Waals surface area contributed by atoms with Crippen LogP contribution in [0.1, 0.15) is 25.7 Å². The summed E-state index contributed by atoms with van der Waals surface area (Å²) in [5.41, 5.74) is 1.62. The molecule has 1 aromatic heterocycles. The van der Waals surface area contributed by atoms with Gasteiger partial charge in [-0.3, -0.25) is 9.69 Å². The summed E-state index contributed by atoms with van der Waals surface area (Å²) >= 11 is 2.05. The normalized spacial score (nSPS) is 22.2. The molecular weight excluding hydrogens is 348 g/mol. The van der Waals surface area contributed by atoms with Crippen molar-refractivity contribution in [1.29, 1.82) is 0 Å². The average Bonchev–Trinajstić information content (AvgIpc) is 3.24. The number of nitrogens with one attached hydrogen (secondary N) is 1. The molecule has 2 aromatic rings. The zero-order valence-corrected chi connectivity index (χ0v) is 15.6. The van der Waals surface area contributed by atoms with Crippen molar-refractivity contribution >= 4 is 23.4 Å². The number of tetrazole rings is 1. The molecular formula is C18H24N6OS. The highest BCUT2D eigenvalue weighted by molar-refractivity contribution is 7.99. The number of hydrogen-bond acceptors (Lipinski definition) is 6. The van der Waals surface area contributed by atoms with E-state index in [0.717, 1.165) is 37.3 Å². The summed E-state index contributed by atoms with van der Waals surface area (Å²) in [6.07, 6.45) is 6.13. The number of carbonyl (C=O) groups excluding carboxylic acids is 1. The summed E-state index contributed by atoms with van der Waals surface area (Å²) in [7, 11) is 0. The smallest absolute Gasteiger partial charge is 0.228 e. The van der Waals surface area contributed by atoms with Crippen molar-refractivity contribution < 1.29 is 4.79 Å². The first-order valence-corrected chi connectivity index (χ1v) is 10.4. The van der Waals surface area contributed by atoms with Crippen LogP contribution >= 0.6 is 11.8 Å². The van der Waals surface area contributed by atoms with Crippen molar-refractivity contribution in [3.8, 4) is 5.69 Å². The number of likely N-dealkylation sites (tertiary alicyclic amines) is 1. The molecule has 138 valence electrons. The topological polar surface area (TPSA) is 75.9 Å². The van der Waals surface area contributed by atoms with Crippen LogP contribution in [0.25, 0.3) is 5.69 Å². The number of hydrogen-bond donors (Lipinski definition) is 1. The third-order valence-corrected chi connectivity index (χ3v) is 6.31. The van der Waals surface area contributed by atoms with Gasteiger partial charge in [0.2, 0.25) is 5.91 Å². The number of aromatic nitrogens is 4. The number of nitrogens with zero attached hydrogens (tertiary/aromatic N) is 5. The molecule has 1 aromatic carbocycles. The predicted molar refractivity (Wildman–Crippen MR) is 102 cm³/mol. The van der Waals surface area contributed by atoms with E-state index in [2.05, 4.69) is 25.7 Å². The second-order valence-corrected chi connectivity index (χ2v) is 8.20. The predicted octanol–water partition coefficient (Wildman–Crippen LogP) is 2.21. The second-order valence-electron chi connectivity index (χ2n) is 6.97. The van der Waals surface area contributed by atoms with E-state index in [1.165, 1.54) is 24.3 Å². The van der Waals surface area contributed by atoms with Crippen LogP contribution in [0, 0.1) is 5.92 Å². The summed E-state index contributed by atoms with van der Waals surface area (Å²) in [6, 6.07) is 8.28. The van der Waals surface area contributed by atoms with E-state index in [1.54, 1.807) is 11.0 Å². The van der Waals surface area contributed by atoms with Crippen LogP contribution in [0.15, 0.2) is 30.6 Å². The average molecular weight is 372 g/mol. The SMILES string of the molecule is O=C(Nc1cccc(-n2cnnn2)c1)[C@H]1CCCN(C2CCSCC2)C1. The highest BCUT2D eigenvalue weighted by atomic mass is 32.2. The Morgan fingerprint density at radius 2 is 2.12 bits per heavy atom. The van der Waals surface area contributed by atoms with Gasteiger partial charge in [0.1, 0.15) is 6.33 Å². The molecule has 0 saturated carbocycles. The Labute approximate surface area is 157 Å². The summed E-state index contributed by atoms with van der Waals surface area (Å²) in [4.78, 5) is 15.4. The van der Waals surface area contributed by atoms with Crippen molar-refractivity contribution in [3.05, 3.63) is 30.6 Å². The summed E-state index contributed by atoms with van der Waals surface area (Å²) < 4.78 is 1.58. The molecule has 2 saturated heterocycles. The molecule has 3 heterocycles. The lowest BCUT2D eigenvalue weighted by molar-refractivity contribution is -0.121. The van der Waals surface area contributed by atoms with Crippen molar-refractivity contribution in [2.75, 3.05) is 29.9 Å². The van der Waals surface area contributed by atoms with E-state index in [0.29, 0.717) is 6.04 Å². The lowest BCUT2D eigenvalue weighted by Crippen LogP contribution is -2.47. The van der Waals surface area contributed by atoms with Gasteiger partial charge in [0, 0.05) is 18.3 Å². The summed E-state index contributed by atoms with van der Waals surface area (Å²) in [6.45, 7) is 2.02. The zero-order chi connectivity index (χ0) is 17.8. The number of benzene rings is 1. The number of piperidine rings is 1. The third kappa shape index (κ3) is 4.07. The van der Waals surface area contributed by atoms with Gasteiger partial charge in [0.05, 0.1) is 11.6 Å². The first-order valence-electron chi connectivity index (χ1n) is 9.26. The fourth-order valence-corrected chi connectivity index (χ4v) is 4.93. The number of carbonyl (C=O) groups is 1. The molecule has 0 aliphatic carbocycles. The van der Waals surface area contributed by atoms with Gasteiger partial charge in [0.25, 0.3) is 0 Å². The maximum absolute atomic E-state index is 12.8. The molecule has 1 N–H and O–H groups in total. The van der Waals surface area contributed by atoms with Crippen LogP contribution in [-0.2, 0) is 4.79 Å². The van der Waals surface area contributed by atoms with E-state index < -0.39 is 0 Å². The van der Waals surface area contributed by atoms with Crippen LogP contribution in [0.4, 0.5) is 5.69 Å². The number of thioether (sulfide) groups is 1. The Balaban J connectivity index is 1.39. The van der Waals surface area contributed by atoms with Gasteiger partial charge < -0.3 is 5.32 Å². The molecule has 2 aliphatic heterocycles. The molecule has 2 fully saturated rings. The largest absolute Gasteiger partial charge is 0.326 e. The van der Waals surface area contributed by atoms with Crippen LogP contribution in [0.3, 0.4) is 0 Å². The zero-order valence-electron chi connectivity index (χ0n) is 14.8. The van der Waals surface area contributed by atoms with Gasteiger partial charge in [0.15, 0.2) is 0 Å². The molecule has 0 bridgehead atoms. The van der Waals surface area contributed by atoms with E-state index in [-0.39, 0.29) is 11.8 Å². The second kappa shape index (κ2) is 8.18. The highest BCUT2D eigenvalue weighted by Crippen LogP contribution is 2.27. The minimum atomic E-state index is 0.0648. The first-order chi connectivity index (χ1) is 12.8. The number of anilines is 1. The Morgan fingerprint density at radius 1 is 1.23 bits per heavy atom. The fraction of sp³-hybridized carbons (Fsp3) is 0.556. The summed E-state index contributed by atoms with van der Waals surface area (Å²) in [5, 5.41) is 14.3. The minimum absolute atomic E-state index is 0.0648. The molecule has 0 spiro atoms. The van der Waals surface area contributed by atoms with E-state index in [4.69, 9.17) is 0 Å². The highest BCUT2D eigenvalue weighted by Gasteiger charge is 2.30. The Kier molecular flexibility index (Phi) is 5.50. The number of amides is 1. The van der Waals surface area contributed by atoms with Crippen LogP contribution in [0.2, 0.25) is 0 Å². The van der Waals surface area contributed by atoms with Crippen LogP contribution in [0.5, 0.6) is 0 Å².